The molecule has 1 rings (SSSR count). The summed E-state index contributed by atoms with van der Waals surface area (Å²) < 4.78 is 0. The van der Waals surface area contributed by atoms with Gasteiger partial charge in [-0.3, -0.25) is 4.79 Å². The lowest BCUT2D eigenvalue weighted by Crippen LogP contribution is -2.27. The van der Waals surface area contributed by atoms with Crippen LogP contribution in [0.1, 0.15) is 34.5 Å². The Labute approximate surface area is 98.3 Å². The highest BCUT2D eigenvalue weighted by Crippen LogP contribution is 2.20. The molecule has 0 fully saturated rings. The van der Waals surface area contributed by atoms with Crippen molar-refractivity contribution in [1.82, 2.24) is 0 Å². The number of hydrogen-bond acceptors (Lipinski definition) is 4. The molecule has 0 bridgehead atoms. The average molecular weight is 238 g/mol. The van der Waals surface area contributed by atoms with Gasteiger partial charge in [-0.2, -0.15) is 0 Å². The molecule has 2 unspecified atom stereocenters. The fraction of sp³-hybridized carbons (Fsp3) is 0.333. The minimum atomic E-state index is -1.88. The molecule has 0 radical (unpaired) electrons. The van der Waals surface area contributed by atoms with Gasteiger partial charge in [0.25, 0.3) is 0 Å². The molecule has 5 heteroatoms. The van der Waals surface area contributed by atoms with Gasteiger partial charge >= 0.3 is 5.97 Å². The van der Waals surface area contributed by atoms with E-state index in [2.05, 4.69) is 0 Å². The van der Waals surface area contributed by atoms with Gasteiger partial charge in [0.15, 0.2) is 11.9 Å². The van der Waals surface area contributed by atoms with Crippen LogP contribution < -0.4 is 0 Å². The lowest BCUT2D eigenvalue weighted by molar-refractivity contribution is -0.153. The lowest BCUT2D eigenvalue weighted by atomic mass is 9.97. The summed E-state index contributed by atoms with van der Waals surface area (Å²) in [6.45, 7) is 3.10. The SMILES string of the molecule is CC(=O)c1ccc(C(O)C(O)C(=O)O)cc1C. The first-order valence-corrected chi connectivity index (χ1v) is 5.05. The first-order valence-electron chi connectivity index (χ1n) is 5.05. The maximum absolute atomic E-state index is 11.2. The smallest absolute Gasteiger partial charge is 0.335 e. The Morgan fingerprint density at radius 1 is 1.24 bits per heavy atom. The molecule has 0 aliphatic rings. The maximum Gasteiger partial charge on any atom is 0.335 e. The van der Waals surface area contributed by atoms with Crippen LogP contribution in [0, 0.1) is 6.92 Å². The number of carboxylic acids is 1. The van der Waals surface area contributed by atoms with Crippen LogP contribution in [0.15, 0.2) is 18.2 Å². The Hall–Kier alpha value is -1.72. The van der Waals surface area contributed by atoms with Gasteiger partial charge in [-0.1, -0.05) is 18.2 Å². The Morgan fingerprint density at radius 3 is 2.24 bits per heavy atom. The van der Waals surface area contributed by atoms with Gasteiger partial charge in [-0.25, -0.2) is 4.79 Å². The highest BCUT2D eigenvalue weighted by molar-refractivity contribution is 5.95. The summed E-state index contributed by atoms with van der Waals surface area (Å²) in [6.07, 6.45) is -3.38. The third-order valence-electron chi connectivity index (χ3n) is 2.52. The summed E-state index contributed by atoms with van der Waals surface area (Å²) in [6, 6.07) is 4.43. The molecule has 2 atom stereocenters. The van der Waals surface area contributed by atoms with E-state index in [4.69, 9.17) is 5.11 Å². The van der Waals surface area contributed by atoms with Crippen molar-refractivity contribution in [3.05, 3.63) is 34.9 Å². The summed E-state index contributed by atoms with van der Waals surface area (Å²) in [5.74, 6) is -1.60. The first kappa shape index (κ1) is 13.3. The van der Waals surface area contributed by atoms with E-state index in [1.165, 1.54) is 25.1 Å². The number of aliphatic hydroxyl groups excluding tert-OH is 2. The summed E-state index contributed by atoms with van der Waals surface area (Å²) in [5.41, 5.74) is 1.40. The Morgan fingerprint density at radius 2 is 1.82 bits per heavy atom. The van der Waals surface area contributed by atoms with E-state index in [-0.39, 0.29) is 11.3 Å². The van der Waals surface area contributed by atoms with Crippen molar-refractivity contribution in [3.63, 3.8) is 0 Å². The fourth-order valence-corrected chi connectivity index (χ4v) is 1.58. The summed E-state index contributed by atoms with van der Waals surface area (Å²) >= 11 is 0. The molecule has 17 heavy (non-hydrogen) atoms. The largest absolute Gasteiger partial charge is 0.479 e. The zero-order chi connectivity index (χ0) is 13.2. The topological polar surface area (TPSA) is 94.8 Å². The lowest BCUT2D eigenvalue weighted by Gasteiger charge is -2.15. The number of aryl methyl sites for hydroxylation is 1. The highest BCUT2D eigenvalue weighted by Gasteiger charge is 2.25. The predicted molar refractivity (Wildman–Crippen MR) is 59.8 cm³/mol. The first-order chi connectivity index (χ1) is 7.84. The second-order valence-electron chi connectivity index (χ2n) is 3.86. The van der Waals surface area contributed by atoms with Gasteiger partial charge < -0.3 is 15.3 Å². The van der Waals surface area contributed by atoms with E-state index in [0.717, 1.165) is 0 Å². The highest BCUT2D eigenvalue weighted by atomic mass is 16.4. The van der Waals surface area contributed by atoms with Crippen LogP contribution in [-0.2, 0) is 4.79 Å². The van der Waals surface area contributed by atoms with Gasteiger partial charge in [-0.15, -0.1) is 0 Å². The number of benzene rings is 1. The zero-order valence-electron chi connectivity index (χ0n) is 9.54. The van der Waals surface area contributed by atoms with Crippen molar-refractivity contribution in [2.24, 2.45) is 0 Å². The quantitative estimate of drug-likeness (QED) is 0.670. The number of rotatable bonds is 4. The number of Topliss-reactive ketones (excluding diaryl/α,β-unsaturated/α-hetero) is 1. The van der Waals surface area contributed by atoms with Gasteiger partial charge in [0, 0.05) is 5.56 Å². The van der Waals surface area contributed by atoms with Gasteiger partial charge in [-0.05, 0) is 25.0 Å². The average Bonchev–Trinajstić information content (AvgIpc) is 2.26. The van der Waals surface area contributed by atoms with Gasteiger partial charge in [0.2, 0.25) is 0 Å². The van der Waals surface area contributed by atoms with Crippen molar-refractivity contribution in [1.29, 1.82) is 0 Å². The molecule has 0 heterocycles. The zero-order valence-corrected chi connectivity index (χ0v) is 9.54. The molecular formula is C12H14O5. The molecule has 0 saturated carbocycles. The molecule has 0 amide bonds. The van der Waals surface area contributed by atoms with E-state index < -0.39 is 18.2 Å². The van der Waals surface area contributed by atoms with Gasteiger partial charge in [0.1, 0.15) is 6.10 Å². The van der Waals surface area contributed by atoms with E-state index in [1.54, 1.807) is 6.92 Å². The van der Waals surface area contributed by atoms with E-state index >= 15 is 0 Å². The third kappa shape index (κ3) is 2.89. The monoisotopic (exact) mass is 238 g/mol. The number of carboxylic acid groups (broad SMARTS) is 1. The molecule has 5 nitrogen and oxygen atoms in total. The molecule has 0 aromatic heterocycles. The Bertz CT molecular complexity index is 452. The molecule has 1 aromatic carbocycles. The summed E-state index contributed by atoms with van der Waals surface area (Å²) in [5, 5.41) is 27.4. The molecule has 1 aromatic rings. The molecule has 92 valence electrons. The standard InChI is InChI=1S/C12H14O5/c1-6-5-8(3-4-9(6)7(2)13)10(14)11(15)12(16)17/h3-5,10-11,14-15H,1-2H3,(H,16,17). The maximum atomic E-state index is 11.2. The molecule has 3 N–H and O–H groups in total. The van der Waals surface area contributed by atoms with Crippen molar-refractivity contribution in [2.75, 3.05) is 0 Å². The van der Waals surface area contributed by atoms with Crippen molar-refractivity contribution in [3.8, 4) is 0 Å². The minimum absolute atomic E-state index is 0.109. The van der Waals surface area contributed by atoms with E-state index in [1.807, 2.05) is 0 Å². The number of carbonyl (C=O) groups is 2. The van der Waals surface area contributed by atoms with Crippen LogP contribution in [0.3, 0.4) is 0 Å². The van der Waals surface area contributed by atoms with Crippen LogP contribution in [-0.4, -0.2) is 33.2 Å². The molecule has 0 saturated heterocycles. The second-order valence-corrected chi connectivity index (χ2v) is 3.86. The fourth-order valence-electron chi connectivity index (χ4n) is 1.58. The summed E-state index contributed by atoms with van der Waals surface area (Å²) in [4.78, 5) is 21.7. The molecule has 0 spiro atoms. The van der Waals surface area contributed by atoms with Crippen molar-refractivity contribution in [2.45, 2.75) is 26.1 Å². The van der Waals surface area contributed by atoms with E-state index in [0.29, 0.717) is 11.1 Å². The number of ketones is 1. The van der Waals surface area contributed by atoms with E-state index in [9.17, 15) is 19.8 Å². The predicted octanol–water partition coefficient (Wildman–Crippen LogP) is 0.677. The minimum Gasteiger partial charge on any atom is -0.479 e. The van der Waals surface area contributed by atoms with Crippen LogP contribution in [0.4, 0.5) is 0 Å². The normalized spacial score (nSPS) is 14.1. The van der Waals surface area contributed by atoms with Crippen molar-refractivity contribution < 1.29 is 24.9 Å². The second kappa shape index (κ2) is 5.07. The van der Waals surface area contributed by atoms with Crippen molar-refractivity contribution >= 4 is 11.8 Å². The number of aliphatic carboxylic acids is 1. The number of carbonyl (C=O) groups excluding carboxylic acids is 1. The summed E-state index contributed by atoms with van der Waals surface area (Å²) in [7, 11) is 0. The van der Waals surface area contributed by atoms with Crippen LogP contribution >= 0.6 is 0 Å². The third-order valence-corrected chi connectivity index (χ3v) is 2.52. The van der Waals surface area contributed by atoms with Gasteiger partial charge in [0.05, 0.1) is 0 Å². The van der Waals surface area contributed by atoms with Crippen LogP contribution in [0.2, 0.25) is 0 Å². The Kier molecular flexibility index (Phi) is 3.98. The molecular weight excluding hydrogens is 224 g/mol. The molecule has 0 aliphatic heterocycles. The number of aliphatic hydroxyl groups is 2. The molecule has 0 aliphatic carbocycles. The number of hydrogen-bond donors (Lipinski definition) is 3. The van der Waals surface area contributed by atoms with Crippen LogP contribution in [0.25, 0.3) is 0 Å². The Balaban J connectivity index is 3.05. The van der Waals surface area contributed by atoms with Crippen LogP contribution in [0.5, 0.6) is 0 Å².